The van der Waals surface area contributed by atoms with Crippen molar-refractivity contribution in [2.45, 2.75) is 11.8 Å². The molecule has 1 heterocycles. The van der Waals surface area contributed by atoms with Crippen LogP contribution in [0.25, 0.3) is 5.69 Å². The molecule has 0 atom stereocenters. The van der Waals surface area contributed by atoms with Crippen molar-refractivity contribution in [2.24, 2.45) is 0 Å². The predicted octanol–water partition coefficient (Wildman–Crippen LogP) is 1.80. The van der Waals surface area contributed by atoms with Crippen LogP contribution in [0, 0.1) is 12.7 Å². The van der Waals surface area contributed by atoms with Crippen LogP contribution in [0.5, 0.6) is 0 Å². The van der Waals surface area contributed by atoms with E-state index in [2.05, 4.69) is 15.8 Å². The number of amides is 2. The van der Waals surface area contributed by atoms with Crippen LogP contribution in [-0.2, 0) is 9.84 Å². The van der Waals surface area contributed by atoms with Crippen molar-refractivity contribution in [3.05, 3.63) is 77.6 Å². The van der Waals surface area contributed by atoms with Crippen LogP contribution >= 0.6 is 0 Å². The summed E-state index contributed by atoms with van der Waals surface area (Å²) in [6.45, 7) is 1.65. The Bertz CT molecular complexity index is 1190. The van der Waals surface area contributed by atoms with Gasteiger partial charge in [0.2, 0.25) is 0 Å². The molecule has 8 nitrogen and oxygen atoms in total. The highest BCUT2D eigenvalue weighted by atomic mass is 32.2. The van der Waals surface area contributed by atoms with Crippen LogP contribution in [0.2, 0.25) is 0 Å². The summed E-state index contributed by atoms with van der Waals surface area (Å²) in [5, 5.41) is 0. The average Bonchev–Trinajstić information content (AvgIpc) is 3.15. The van der Waals surface area contributed by atoms with Gasteiger partial charge in [0.25, 0.3) is 11.8 Å². The smallest absolute Gasteiger partial charge is 0.288 e. The Balaban J connectivity index is 1.76. The van der Waals surface area contributed by atoms with Crippen molar-refractivity contribution in [1.29, 1.82) is 0 Å². The molecule has 0 aliphatic heterocycles. The summed E-state index contributed by atoms with van der Waals surface area (Å²) in [6.07, 6.45) is 3.71. The Morgan fingerprint density at radius 3 is 2.34 bits per heavy atom. The number of aryl methyl sites for hydroxylation is 1. The number of hydrogen-bond acceptors (Lipinski definition) is 5. The van der Waals surface area contributed by atoms with Gasteiger partial charge < -0.3 is 0 Å². The molecule has 1 aromatic heterocycles. The first-order valence-electron chi connectivity index (χ1n) is 8.36. The van der Waals surface area contributed by atoms with Crippen molar-refractivity contribution >= 4 is 21.7 Å². The molecule has 2 amide bonds. The number of nitrogens with zero attached hydrogens (tertiary/aromatic N) is 2. The summed E-state index contributed by atoms with van der Waals surface area (Å²) in [7, 11) is -3.49. The van der Waals surface area contributed by atoms with Gasteiger partial charge in [-0.2, -0.15) is 0 Å². The highest BCUT2D eigenvalue weighted by Gasteiger charge is 2.17. The van der Waals surface area contributed by atoms with Gasteiger partial charge >= 0.3 is 0 Å². The number of carbonyl (C=O) groups is 2. The van der Waals surface area contributed by atoms with Gasteiger partial charge in [0.05, 0.1) is 17.4 Å². The van der Waals surface area contributed by atoms with Gasteiger partial charge in [-0.25, -0.2) is 17.8 Å². The van der Waals surface area contributed by atoms with Gasteiger partial charge in [0.1, 0.15) is 11.5 Å². The zero-order valence-corrected chi connectivity index (χ0v) is 16.3. The minimum atomic E-state index is -3.49. The fourth-order valence-electron chi connectivity index (χ4n) is 2.59. The maximum Gasteiger partial charge on any atom is 0.288 e. The Morgan fingerprint density at radius 2 is 1.69 bits per heavy atom. The van der Waals surface area contributed by atoms with Crippen LogP contribution in [0.4, 0.5) is 4.39 Å². The first-order chi connectivity index (χ1) is 13.7. The molecule has 3 aromatic rings. The maximum atomic E-state index is 13.1. The summed E-state index contributed by atoms with van der Waals surface area (Å²) in [6, 6.07) is 9.61. The van der Waals surface area contributed by atoms with E-state index in [0.717, 1.165) is 6.26 Å². The lowest BCUT2D eigenvalue weighted by Crippen LogP contribution is -2.42. The second-order valence-corrected chi connectivity index (χ2v) is 8.30. The molecule has 0 aliphatic carbocycles. The molecule has 0 fully saturated rings. The van der Waals surface area contributed by atoms with Gasteiger partial charge in [-0.05, 0) is 48.9 Å². The molecular formula is C19H17FN4O4S. The second-order valence-electron chi connectivity index (χ2n) is 6.28. The summed E-state index contributed by atoms with van der Waals surface area (Å²) < 4.78 is 37.9. The molecule has 0 spiro atoms. The third kappa shape index (κ3) is 4.49. The number of aromatic nitrogens is 2. The van der Waals surface area contributed by atoms with E-state index in [9.17, 15) is 22.4 Å². The van der Waals surface area contributed by atoms with Crippen molar-refractivity contribution in [1.82, 2.24) is 20.4 Å². The second kappa shape index (κ2) is 7.84. The molecule has 0 saturated carbocycles. The van der Waals surface area contributed by atoms with E-state index in [1.165, 1.54) is 59.6 Å². The number of hydrazine groups is 1. The Kier molecular flexibility index (Phi) is 5.46. The highest BCUT2D eigenvalue weighted by molar-refractivity contribution is 7.90. The van der Waals surface area contributed by atoms with Crippen LogP contribution in [0.1, 0.15) is 26.4 Å². The van der Waals surface area contributed by atoms with E-state index in [4.69, 9.17) is 0 Å². The van der Waals surface area contributed by atoms with Gasteiger partial charge in [-0.3, -0.25) is 25.0 Å². The lowest BCUT2D eigenvalue weighted by Gasteiger charge is -2.11. The molecule has 0 aliphatic rings. The Morgan fingerprint density at radius 1 is 1.03 bits per heavy atom. The van der Waals surface area contributed by atoms with Crippen molar-refractivity contribution < 1.29 is 22.4 Å². The minimum Gasteiger partial charge on any atom is -0.295 e. The van der Waals surface area contributed by atoms with Crippen LogP contribution in [0.15, 0.2) is 59.9 Å². The number of halogens is 1. The molecule has 150 valence electrons. The lowest BCUT2D eigenvalue weighted by molar-refractivity contribution is 0.0842. The fourth-order valence-corrected chi connectivity index (χ4v) is 3.24. The summed E-state index contributed by atoms with van der Waals surface area (Å²) >= 11 is 0. The van der Waals surface area contributed by atoms with E-state index in [1.807, 2.05) is 0 Å². The number of sulfone groups is 1. The summed E-state index contributed by atoms with van der Waals surface area (Å²) in [5.41, 5.74) is 5.80. The van der Waals surface area contributed by atoms with Gasteiger partial charge in [0, 0.05) is 17.5 Å². The Hall–Kier alpha value is -3.53. The van der Waals surface area contributed by atoms with Gasteiger partial charge in [0.15, 0.2) is 9.84 Å². The summed E-state index contributed by atoms with van der Waals surface area (Å²) in [5.74, 6) is -1.75. The number of benzene rings is 2. The van der Waals surface area contributed by atoms with Crippen LogP contribution in [-0.4, -0.2) is 36.0 Å². The van der Waals surface area contributed by atoms with Crippen LogP contribution in [0.3, 0.4) is 0 Å². The van der Waals surface area contributed by atoms with E-state index in [0.29, 0.717) is 11.3 Å². The van der Waals surface area contributed by atoms with Crippen molar-refractivity contribution in [3.8, 4) is 5.69 Å². The molecule has 0 unspecified atom stereocenters. The average molecular weight is 416 g/mol. The molecule has 0 radical (unpaired) electrons. The molecule has 0 bridgehead atoms. The first-order valence-corrected chi connectivity index (χ1v) is 10.3. The largest absolute Gasteiger partial charge is 0.295 e. The molecule has 3 rings (SSSR count). The predicted molar refractivity (Wildman–Crippen MR) is 103 cm³/mol. The maximum absolute atomic E-state index is 13.1. The fraction of sp³-hybridized carbons (Fsp3) is 0.105. The first kappa shape index (κ1) is 20.2. The van der Waals surface area contributed by atoms with Gasteiger partial charge in [-0.1, -0.05) is 6.07 Å². The van der Waals surface area contributed by atoms with Gasteiger partial charge in [-0.15, -0.1) is 0 Å². The molecule has 2 N–H and O–H groups in total. The number of hydrogen-bond donors (Lipinski definition) is 2. The molecule has 10 heteroatoms. The number of carbonyl (C=O) groups excluding carboxylic acids is 2. The topological polar surface area (TPSA) is 110 Å². The highest BCUT2D eigenvalue weighted by Crippen LogP contribution is 2.16. The number of nitrogens with one attached hydrogen (secondary N) is 2. The van der Waals surface area contributed by atoms with Crippen LogP contribution < -0.4 is 10.9 Å². The quantitative estimate of drug-likeness (QED) is 0.630. The third-order valence-electron chi connectivity index (χ3n) is 4.15. The normalized spacial score (nSPS) is 11.1. The van der Waals surface area contributed by atoms with E-state index >= 15 is 0 Å². The van der Waals surface area contributed by atoms with E-state index in [1.54, 1.807) is 6.92 Å². The third-order valence-corrected chi connectivity index (χ3v) is 5.26. The van der Waals surface area contributed by atoms with Crippen molar-refractivity contribution in [2.75, 3.05) is 6.26 Å². The Labute approximate surface area is 166 Å². The number of rotatable bonds is 4. The SMILES string of the molecule is Cc1ccc(S(C)(=O)=O)cc1C(=O)NNC(=O)c1cncn1-c1ccc(F)cc1. The van der Waals surface area contributed by atoms with Crippen molar-refractivity contribution in [3.63, 3.8) is 0 Å². The zero-order chi connectivity index (χ0) is 21.2. The van der Waals surface area contributed by atoms with E-state index < -0.39 is 27.5 Å². The minimum absolute atomic E-state index is 0.00559. The zero-order valence-electron chi connectivity index (χ0n) is 15.5. The molecule has 0 saturated heterocycles. The standard InChI is InChI=1S/C19H17FN4O4S/c1-12-3-8-15(29(2,27)28)9-16(12)18(25)22-23-19(26)17-10-21-11-24(17)14-6-4-13(20)5-7-14/h3-11H,1-2H3,(H,22,25)(H,23,26). The molecule has 29 heavy (non-hydrogen) atoms. The molecule has 2 aromatic carbocycles. The monoisotopic (exact) mass is 416 g/mol. The molecular weight excluding hydrogens is 399 g/mol. The number of imidazole rings is 1. The summed E-state index contributed by atoms with van der Waals surface area (Å²) in [4.78, 5) is 28.8. The van der Waals surface area contributed by atoms with E-state index in [-0.39, 0.29) is 16.2 Å². The lowest BCUT2D eigenvalue weighted by atomic mass is 10.1.